The average Bonchev–Trinajstić information content (AvgIpc) is 3.23. The van der Waals surface area contributed by atoms with Gasteiger partial charge in [-0.3, -0.25) is 0 Å². The second kappa shape index (κ2) is 6.02. The van der Waals surface area contributed by atoms with Crippen LogP contribution in [-0.2, 0) is 13.5 Å². The molecule has 3 heterocycles. The Morgan fingerprint density at radius 2 is 1.89 bits per heavy atom. The number of hydrogen-bond acceptors (Lipinski definition) is 3. The third-order valence-electron chi connectivity index (χ3n) is 5.04. The highest BCUT2D eigenvalue weighted by molar-refractivity contribution is 5.96. The molecule has 1 aliphatic heterocycles. The molecule has 132 valence electrons. The molecule has 27 heavy (non-hydrogen) atoms. The molecule has 0 atom stereocenters. The minimum Gasteiger partial charge on any atom is -0.508 e. The molecule has 5 rings (SSSR count). The van der Waals surface area contributed by atoms with Crippen molar-refractivity contribution >= 4 is 17.1 Å². The lowest BCUT2D eigenvalue weighted by Crippen LogP contribution is -1.94. The predicted octanol–water partition coefficient (Wildman–Crippen LogP) is 4.92. The first-order valence-corrected chi connectivity index (χ1v) is 8.90. The van der Waals surface area contributed by atoms with Gasteiger partial charge in [-0.05, 0) is 35.9 Å². The van der Waals surface area contributed by atoms with Crippen molar-refractivity contribution in [3.8, 4) is 22.8 Å². The number of phenols is 1. The topological polar surface area (TPSA) is 47.3 Å². The van der Waals surface area contributed by atoms with Gasteiger partial charge in [-0.25, -0.2) is 4.98 Å². The van der Waals surface area contributed by atoms with E-state index in [1.807, 2.05) is 43.6 Å². The van der Waals surface area contributed by atoms with E-state index in [1.54, 1.807) is 12.1 Å². The van der Waals surface area contributed by atoms with Gasteiger partial charge in [0.1, 0.15) is 22.9 Å². The van der Waals surface area contributed by atoms with Gasteiger partial charge < -0.3 is 14.4 Å². The van der Waals surface area contributed by atoms with Gasteiger partial charge in [0.05, 0.1) is 5.69 Å². The lowest BCUT2D eigenvalue weighted by molar-refractivity contribution is 0.449. The number of benzene rings is 2. The molecule has 0 spiro atoms. The highest BCUT2D eigenvalue weighted by atomic mass is 16.5. The highest BCUT2D eigenvalue weighted by Crippen LogP contribution is 2.39. The molecule has 4 aromatic rings. The second-order valence-electron chi connectivity index (χ2n) is 6.71. The van der Waals surface area contributed by atoms with Gasteiger partial charge >= 0.3 is 0 Å². The molecule has 1 N–H and O–H groups in total. The number of pyridine rings is 1. The third-order valence-corrected chi connectivity index (χ3v) is 5.04. The fourth-order valence-electron chi connectivity index (χ4n) is 3.80. The summed E-state index contributed by atoms with van der Waals surface area (Å²) in [5.74, 6) is 1.82. The molecule has 0 amide bonds. The van der Waals surface area contributed by atoms with E-state index in [2.05, 4.69) is 33.8 Å². The van der Waals surface area contributed by atoms with Crippen LogP contribution in [-0.4, -0.2) is 14.7 Å². The zero-order valence-corrected chi connectivity index (χ0v) is 14.9. The van der Waals surface area contributed by atoms with Gasteiger partial charge in [-0.15, -0.1) is 0 Å². The molecule has 0 radical (unpaired) electrons. The molecule has 1 aliphatic rings. The number of aromatic nitrogens is 2. The summed E-state index contributed by atoms with van der Waals surface area (Å²) in [5.41, 5.74) is 5.07. The maximum atomic E-state index is 10.1. The molecule has 0 bridgehead atoms. The van der Waals surface area contributed by atoms with Gasteiger partial charge in [0.25, 0.3) is 0 Å². The maximum absolute atomic E-state index is 10.1. The molecule has 0 unspecified atom stereocenters. The van der Waals surface area contributed by atoms with E-state index in [0.717, 1.165) is 44.9 Å². The summed E-state index contributed by atoms with van der Waals surface area (Å²) in [7, 11) is 2.04. The zero-order chi connectivity index (χ0) is 18.4. The van der Waals surface area contributed by atoms with Crippen LogP contribution in [0.3, 0.4) is 0 Å². The minimum absolute atomic E-state index is 0.277. The molecule has 4 nitrogen and oxygen atoms in total. The number of allylic oxidation sites excluding steroid dienone is 1. The molecule has 2 aromatic carbocycles. The van der Waals surface area contributed by atoms with Crippen molar-refractivity contribution in [3.05, 3.63) is 83.7 Å². The van der Waals surface area contributed by atoms with Crippen LogP contribution in [0, 0.1) is 0 Å². The molecule has 0 saturated carbocycles. The first-order valence-electron chi connectivity index (χ1n) is 8.90. The van der Waals surface area contributed by atoms with Crippen LogP contribution >= 0.6 is 0 Å². The number of aryl methyl sites for hydroxylation is 1. The summed E-state index contributed by atoms with van der Waals surface area (Å²) < 4.78 is 8.13. The third kappa shape index (κ3) is 2.49. The van der Waals surface area contributed by atoms with E-state index in [4.69, 9.17) is 4.74 Å². The van der Waals surface area contributed by atoms with Crippen LogP contribution in [0.5, 0.6) is 11.5 Å². The van der Waals surface area contributed by atoms with Crippen LogP contribution in [0.1, 0.15) is 11.1 Å². The number of hydrogen-bond donors (Lipinski definition) is 1. The van der Waals surface area contributed by atoms with Crippen LogP contribution in [0.25, 0.3) is 28.4 Å². The Hall–Kier alpha value is -3.53. The predicted molar refractivity (Wildman–Crippen MR) is 107 cm³/mol. The van der Waals surface area contributed by atoms with Crippen molar-refractivity contribution in [1.29, 1.82) is 0 Å². The summed E-state index contributed by atoms with van der Waals surface area (Å²) in [5, 5.41) is 11.2. The standard InChI is InChI=1S/C23H18N2O2/c1-25-22(15-7-3-2-4-8-15)18(17-9-6-12-24-23(17)25)13-16-14-19-20(26)10-5-11-21(19)27-16/h2-13,26H,14H2,1H3/b16-13-. The Bertz CT molecular complexity index is 1190. The number of aromatic hydroxyl groups is 1. The van der Waals surface area contributed by atoms with Crippen LogP contribution in [0.4, 0.5) is 0 Å². The van der Waals surface area contributed by atoms with E-state index in [1.165, 1.54) is 0 Å². The Labute approximate surface area is 157 Å². The van der Waals surface area contributed by atoms with Crippen LogP contribution in [0.2, 0.25) is 0 Å². The number of rotatable bonds is 2. The van der Waals surface area contributed by atoms with Crippen molar-refractivity contribution in [1.82, 2.24) is 9.55 Å². The summed E-state index contributed by atoms with van der Waals surface area (Å²) in [6, 6.07) is 19.7. The van der Waals surface area contributed by atoms with E-state index in [0.29, 0.717) is 6.42 Å². The van der Waals surface area contributed by atoms with Gasteiger partial charge in [-0.2, -0.15) is 0 Å². The molecule has 0 fully saturated rings. The zero-order valence-electron chi connectivity index (χ0n) is 14.9. The van der Waals surface area contributed by atoms with E-state index >= 15 is 0 Å². The normalized spacial score (nSPS) is 14.5. The van der Waals surface area contributed by atoms with E-state index in [9.17, 15) is 5.11 Å². The average molecular weight is 354 g/mol. The molecular weight excluding hydrogens is 336 g/mol. The lowest BCUT2D eigenvalue weighted by atomic mass is 10.0. The Morgan fingerprint density at radius 3 is 2.70 bits per heavy atom. The molecule has 0 saturated heterocycles. The monoisotopic (exact) mass is 354 g/mol. The number of phenolic OH excluding ortho intramolecular Hbond substituents is 1. The molecular formula is C23H18N2O2. The first kappa shape index (κ1) is 15.7. The fourth-order valence-corrected chi connectivity index (χ4v) is 3.80. The SMILES string of the molecule is Cn1c(-c2ccccc2)c(/C=C2/Cc3c(O)cccc3O2)c2cccnc21. The Kier molecular flexibility index (Phi) is 3.50. The Morgan fingerprint density at radius 1 is 1.04 bits per heavy atom. The maximum Gasteiger partial charge on any atom is 0.140 e. The smallest absolute Gasteiger partial charge is 0.140 e. The summed E-state index contributed by atoms with van der Waals surface area (Å²) in [6.45, 7) is 0. The van der Waals surface area contributed by atoms with Gasteiger partial charge in [0, 0.05) is 36.2 Å². The largest absolute Gasteiger partial charge is 0.508 e. The van der Waals surface area contributed by atoms with Gasteiger partial charge in [-0.1, -0.05) is 36.4 Å². The summed E-state index contributed by atoms with van der Waals surface area (Å²) in [4.78, 5) is 4.57. The molecule has 4 heteroatoms. The first-order chi connectivity index (χ1) is 13.2. The quantitative estimate of drug-likeness (QED) is 0.556. The van der Waals surface area contributed by atoms with Gasteiger partial charge in [0.15, 0.2) is 0 Å². The molecule has 0 aliphatic carbocycles. The van der Waals surface area contributed by atoms with Crippen molar-refractivity contribution in [2.24, 2.45) is 7.05 Å². The lowest BCUT2D eigenvalue weighted by Gasteiger charge is -2.06. The number of fused-ring (bicyclic) bond motifs is 2. The van der Waals surface area contributed by atoms with Crippen molar-refractivity contribution < 1.29 is 9.84 Å². The minimum atomic E-state index is 0.277. The van der Waals surface area contributed by atoms with Crippen molar-refractivity contribution in [3.63, 3.8) is 0 Å². The van der Waals surface area contributed by atoms with Crippen molar-refractivity contribution in [2.75, 3.05) is 0 Å². The second-order valence-corrected chi connectivity index (χ2v) is 6.71. The number of nitrogens with zero attached hydrogens (tertiary/aromatic N) is 2. The molecule has 2 aromatic heterocycles. The van der Waals surface area contributed by atoms with Gasteiger partial charge in [0.2, 0.25) is 0 Å². The number of ether oxygens (including phenoxy) is 1. The summed E-state index contributed by atoms with van der Waals surface area (Å²) in [6.07, 6.45) is 4.46. The summed E-state index contributed by atoms with van der Waals surface area (Å²) >= 11 is 0. The van der Waals surface area contributed by atoms with Crippen LogP contribution < -0.4 is 4.74 Å². The van der Waals surface area contributed by atoms with E-state index in [-0.39, 0.29) is 5.75 Å². The fraction of sp³-hybridized carbons (Fsp3) is 0.0870. The van der Waals surface area contributed by atoms with E-state index < -0.39 is 0 Å². The van der Waals surface area contributed by atoms with Crippen LogP contribution in [0.15, 0.2) is 72.6 Å². The van der Waals surface area contributed by atoms with Crippen molar-refractivity contribution in [2.45, 2.75) is 6.42 Å². The highest BCUT2D eigenvalue weighted by Gasteiger charge is 2.23. The Balaban J connectivity index is 1.71.